The van der Waals surface area contributed by atoms with Crippen molar-refractivity contribution in [1.29, 1.82) is 0 Å². The Kier molecular flexibility index (Phi) is 4.71. The first kappa shape index (κ1) is 13.8. The van der Waals surface area contributed by atoms with Crippen LogP contribution in [0.25, 0.3) is 0 Å². The molecule has 3 aliphatic heterocycles. The molecular weight excluding hydrogens is 240 g/mol. The number of piperidine rings is 1. The quantitative estimate of drug-likeness (QED) is 0.716. The molecule has 0 N–H and O–H groups in total. The van der Waals surface area contributed by atoms with Crippen molar-refractivity contribution in [3.63, 3.8) is 0 Å². The normalized spacial score (nSPS) is 33.6. The molecule has 3 heterocycles. The molecule has 0 spiro atoms. The van der Waals surface area contributed by atoms with Gasteiger partial charge in [-0.15, -0.1) is 0 Å². The first-order valence-electron chi connectivity index (χ1n) is 7.86. The second kappa shape index (κ2) is 6.50. The highest BCUT2D eigenvalue weighted by atomic mass is 16.5. The van der Waals surface area contributed by atoms with Gasteiger partial charge in [0.1, 0.15) is 0 Å². The van der Waals surface area contributed by atoms with Crippen LogP contribution in [0.15, 0.2) is 0 Å². The van der Waals surface area contributed by atoms with Crippen LogP contribution >= 0.6 is 0 Å². The summed E-state index contributed by atoms with van der Waals surface area (Å²) >= 11 is 0. The SMILES string of the molecule is CN1CCN(N2CCOCC2)C(N2CCCCC2)C1. The zero-order valence-electron chi connectivity index (χ0n) is 12.3. The molecule has 0 radical (unpaired) electrons. The standard InChI is InChI=1S/C14H28N4O/c1-15-7-8-18(17-9-11-19-12-10-17)14(13-15)16-5-3-2-4-6-16/h14H,2-13H2,1H3. The van der Waals surface area contributed by atoms with E-state index in [1.165, 1.54) is 45.4 Å². The van der Waals surface area contributed by atoms with Crippen LogP contribution in [0.1, 0.15) is 19.3 Å². The Hall–Kier alpha value is -0.200. The van der Waals surface area contributed by atoms with Crippen molar-refractivity contribution in [1.82, 2.24) is 19.8 Å². The molecule has 3 aliphatic rings. The second-order valence-corrected chi connectivity index (χ2v) is 6.07. The Balaban J connectivity index is 1.67. The van der Waals surface area contributed by atoms with Crippen LogP contribution < -0.4 is 0 Å². The van der Waals surface area contributed by atoms with Crippen LogP contribution in [-0.2, 0) is 4.74 Å². The number of morpholine rings is 1. The lowest BCUT2D eigenvalue weighted by Crippen LogP contribution is -2.66. The topological polar surface area (TPSA) is 22.2 Å². The Labute approximate surface area is 117 Å². The van der Waals surface area contributed by atoms with Crippen molar-refractivity contribution in [2.75, 3.05) is 66.1 Å². The molecule has 0 amide bonds. The summed E-state index contributed by atoms with van der Waals surface area (Å²) in [4.78, 5) is 5.19. The summed E-state index contributed by atoms with van der Waals surface area (Å²) in [5, 5.41) is 5.17. The number of ether oxygens (including phenoxy) is 1. The van der Waals surface area contributed by atoms with E-state index < -0.39 is 0 Å². The maximum absolute atomic E-state index is 5.50. The average Bonchev–Trinajstić information content (AvgIpc) is 2.49. The molecule has 3 rings (SSSR count). The summed E-state index contributed by atoms with van der Waals surface area (Å²) in [5.74, 6) is 0. The van der Waals surface area contributed by atoms with Crippen molar-refractivity contribution in [2.45, 2.75) is 25.4 Å². The Morgan fingerprint density at radius 3 is 2.32 bits per heavy atom. The highest BCUT2D eigenvalue weighted by Gasteiger charge is 2.34. The number of hydrogen-bond donors (Lipinski definition) is 0. The van der Waals surface area contributed by atoms with Gasteiger partial charge in [0.2, 0.25) is 0 Å². The number of hydrazine groups is 1. The van der Waals surface area contributed by atoms with Crippen molar-refractivity contribution < 1.29 is 4.74 Å². The zero-order valence-corrected chi connectivity index (χ0v) is 12.3. The third-order valence-corrected chi connectivity index (χ3v) is 4.69. The van der Waals surface area contributed by atoms with E-state index in [0.717, 1.165) is 32.8 Å². The number of likely N-dealkylation sites (tertiary alicyclic amines) is 1. The highest BCUT2D eigenvalue weighted by Crippen LogP contribution is 2.20. The third-order valence-electron chi connectivity index (χ3n) is 4.69. The zero-order chi connectivity index (χ0) is 13.1. The van der Waals surface area contributed by atoms with E-state index in [4.69, 9.17) is 4.74 Å². The molecule has 5 heteroatoms. The molecule has 0 saturated carbocycles. The van der Waals surface area contributed by atoms with Crippen LogP contribution in [0.3, 0.4) is 0 Å². The van der Waals surface area contributed by atoms with Gasteiger partial charge in [-0.2, -0.15) is 0 Å². The molecule has 3 fully saturated rings. The lowest BCUT2D eigenvalue weighted by Gasteiger charge is -2.51. The minimum absolute atomic E-state index is 0.581. The fourth-order valence-electron chi connectivity index (χ4n) is 3.55. The Morgan fingerprint density at radius 1 is 0.842 bits per heavy atom. The summed E-state index contributed by atoms with van der Waals surface area (Å²) in [6, 6.07) is 0. The number of hydrogen-bond acceptors (Lipinski definition) is 5. The van der Waals surface area contributed by atoms with E-state index >= 15 is 0 Å². The first-order valence-corrected chi connectivity index (χ1v) is 7.86. The smallest absolute Gasteiger partial charge is 0.0889 e. The lowest BCUT2D eigenvalue weighted by molar-refractivity contribution is -0.171. The lowest BCUT2D eigenvalue weighted by atomic mass is 10.1. The second-order valence-electron chi connectivity index (χ2n) is 6.07. The third kappa shape index (κ3) is 3.28. The number of rotatable bonds is 2. The van der Waals surface area contributed by atoms with Gasteiger partial charge in [0.25, 0.3) is 0 Å². The van der Waals surface area contributed by atoms with Gasteiger partial charge in [-0.3, -0.25) is 4.90 Å². The van der Waals surface area contributed by atoms with Gasteiger partial charge in [0.05, 0.1) is 19.4 Å². The molecule has 1 atom stereocenters. The molecule has 0 bridgehead atoms. The molecule has 3 saturated heterocycles. The van der Waals surface area contributed by atoms with E-state index in [1.54, 1.807) is 0 Å². The van der Waals surface area contributed by atoms with E-state index in [1.807, 2.05) is 0 Å². The van der Waals surface area contributed by atoms with Crippen molar-refractivity contribution in [2.24, 2.45) is 0 Å². The summed E-state index contributed by atoms with van der Waals surface area (Å²) < 4.78 is 5.50. The summed E-state index contributed by atoms with van der Waals surface area (Å²) in [5.41, 5.74) is 0. The fraction of sp³-hybridized carbons (Fsp3) is 1.00. The molecular formula is C14H28N4O. The summed E-state index contributed by atoms with van der Waals surface area (Å²) in [6.07, 6.45) is 4.74. The molecule has 0 aromatic heterocycles. The number of nitrogens with zero attached hydrogens (tertiary/aromatic N) is 4. The van der Waals surface area contributed by atoms with Crippen LogP contribution in [-0.4, -0.2) is 92.1 Å². The van der Waals surface area contributed by atoms with E-state index in [-0.39, 0.29) is 0 Å². The Bertz CT molecular complexity index is 277. The molecule has 110 valence electrons. The van der Waals surface area contributed by atoms with Gasteiger partial charge in [0, 0.05) is 32.7 Å². The minimum atomic E-state index is 0.581. The van der Waals surface area contributed by atoms with E-state index in [9.17, 15) is 0 Å². The number of piperazine rings is 1. The van der Waals surface area contributed by atoms with Crippen molar-refractivity contribution in [3.05, 3.63) is 0 Å². The van der Waals surface area contributed by atoms with Gasteiger partial charge in [-0.1, -0.05) is 6.42 Å². The number of likely N-dealkylation sites (N-methyl/N-ethyl adjacent to an activating group) is 1. The average molecular weight is 268 g/mol. The van der Waals surface area contributed by atoms with E-state index in [2.05, 4.69) is 26.9 Å². The molecule has 5 nitrogen and oxygen atoms in total. The van der Waals surface area contributed by atoms with Crippen molar-refractivity contribution in [3.8, 4) is 0 Å². The monoisotopic (exact) mass is 268 g/mol. The Morgan fingerprint density at radius 2 is 1.58 bits per heavy atom. The largest absolute Gasteiger partial charge is 0.379 e. The highest BCUT2D eigenvalue weighted by molar-refractivity contribution is 4.82. The van der Waals surface area contributed by atoms with Gasteiger partial charge in [0.15, 0.2) is 0 Å². The van der Waals surface area contributed by atoms with Crippen LogP contribution in [0.5, 0.6) is 0 Å². The van der Waals surface area contributed by atoms with E-state index in [0.29, 0.717) is 6.17 Å². The minimum Gasteiger partial charge on any atom is -0.379 e. The summed E-state index contributed by atoms with van der Waals surface area (Å²) in [6.45, 7) is 9.98. The molecule has 0 aromatic carbocycles. The maximum Gasteiger partial charge on any atom is 0.0889 e. The fourth-order valence-corrected chi connectivity index (χ4v) is 3.55. The molecule has 1 unspecified atom stereocenters. The van der Waals surface area contributed by atoms with Crippen LogP contribution in [0, 0.1) is 0 Å². The summed E-state index contributed by atoms with van der Waals surface area (Å²) in [7, 11) is 2.26. The molecule has 19 heavy (non-hydrogen) atoms. The molecule has 0 aliphatic carbocycles. The van der Waals surface area contributed by atoms with Gasteiger partial charge in [-0.25, -0.2) is 10.0 Å². The molecule has 0 aromatic rings. The predicted molar refractivity (Wildman–Crippen MR) is 75.8 cm³/mol. The van der Waals surface area contributed by atoms with Gasteiger partial charge < -0.3 is 9.64 Å². The van der Waals surface area contributed by atoms with Crippen LogP contribution in [0.2, 0.25) is 0 Å². The van der Waals surface area contributed by atoms with Gasteiger partial charge >= 0.3 is 0 Å². The van der Waals surface area contributed by atoms with Crippen molar-refractivity contribution >= 4 is 0 Å². The first-order chi connectivity index (χ1) is 9.34. The van der Waals surface area contributed by atoms with Gasteiger partial charge in [-0.05, 0) is 33.0 Å². The van der Waals surface area contributed by atoms with Crippen LogP contribution in [0.4, 0.5) is 0 Å². The predicted octanol–water partition coefficient (Wildman–Crippen LogP) is 0.293. The maximum atomic E-state index is 5.50.